The number of fused-ring (bicyclic) bond motifs is 1. The van der Waals surface area contributed by atoms with E-state index in [1.807, 2.05) is 41.1 Å². The second-order valence-electron chi connectivity index (χ2n) is 6.55. The van der Waals surface area contributed by atoms with Crippen LogP contribution in [-0.2, 0) is 0 Å². The Kier molecular flexibility index (Phi) is 4.10. The number of nitrogens with one attached hydrogen (secondary N) is 1. The molecule has 128 valence electrons. The standard InChI is InChI=1S/C18H21N7/c1-20-24-9-7-15-17(21-12-22-18(15)24)14-10-23-25(11-14)16(6-8-19)13-4-2-3-5-13/h7,9-13,16,20H,2-6H2,1H3/t16-/m1/s1. The summed E-state index contributed by atoms with van der Waals surface area (Å²) in [6, 6.07) is 4.49. The van der Waals surface area contributed by atoms with Crippen molar-refractivity contribution in [2.45, 2.75) is 38.1 Å². The summed E-state index contributed by atoms with van der Waals surface area (Å²) in [5.74, 6) is 0.545. The summed E-state index contributed by atoms with van der Waals surface area (Å²) in [5.41, 5.74) is 5.74. The molecule has 4 rings (SSSR count). The summed E-state index contributed by atoms with van der Waals surface area (Å²) < 4.78 is 3.83. The summed E-state index contributed by atoms with van der Waals surface area (Å²) in [6.45, 7) is 0. The zero-order valence-electron chi connectivity index (χ0n) is 14.3. The first-order valence-corrected chi connectivity index (χ1v) is 8.73. The van der Waals surface area contributed by atoms with E-state index in [1.54, 1.807) is 6.33 Å². The Morgan fingerprint density at radius 2 is 2.20 bits per heavy atom. The van der Waals surface area contributed by atoms with Crippen LogP contribution in [0.25, 0.3) is 22.3 Å². The van der Waals surface area contributed by atoms with Crippen molar-refractivity contribution in [2.24, 2.45) is 5.92 Å². The van der Waals surface area contributed by atoms with Crippen molar-refractivity contribution in [1.29, 1.82) is 5.26 Å². The third-order valence-electron chi connectivity index (χ3n) is 5.18. The summed E-state index contributed by atoms with van der Waals surface area (Å²) in [6.07, 6.45) is 12.8. The molecular formula is C18H21N7. The number of hydrogen-bond donors (Lipinski definition) is 1. The monoisotopic (exact) mass is 335 g/mol. The lowest BCUT2D eigenvalue weighted by atomic mass is 9.96. The molecule has 25 heavy (non-hydrogen) atoms. The van der Waals surface area contributed by atoms with Crippen LogP contribution in [0.3, 0.4) is 0 Å². The highest BCUT2D eigenvalue weighted by Gasteiger charge is 2.27. The van der Waals surface area contributed by atoms with Gasteiger partial charge in [0.1, 0.15) is 6.33 Å². The molecule has 1 aliphatic rings. The van der Waals surface area contributed by atoms with Crippen LogP contribution < -0.4 is 5.43 Å². The van der Waals surface area contributed by atoms with Crippen molar-refractivity contribution in [3.63, 3.8) is 0 Å². The molecule has 1 aliphatic carbocycles. The minimum Gasteiger partial charge on any atom is -0.328 e. The van der Waals surface area contributed by atoms with Crippen LogP contribution in [0.1, 0.15) is 38.1 Å². The van der Waals surface area contributed by atoms with Gasteiger partial charge in [-0.1, -0.05) is 12.8 Å². The molecule has 0 aromatic carbocycles. The van der Waals surface area contributed by atoms with Gasteiger partial charge in [-0.25, -0.2) is 14.6 Å². The number of hydrogen-bond acceptors (Lipinski definition) is 5. The molecule has 0 spiro atoms. The van der Waals surface area contributed by atoms with Crippen LogP contribution in [-0.4, -0.2) is 31.5 Å². The predicted octanol–water partition coefficient (Wildman–Crippen LogP) is 3.11. The number of rotatable bonds is 5. The Balaban J connectivity index is 1.71. The lowest BCUT2D eigenvalue weighted by Crippen LogP contribution is -2.17. The van der Waals surface area contributed by atoms with Gasteiger partial charge < -0.3 is 5.43 Å². The smallest absolute Gasteiger partial charge is 0.162 e. The molecule has 0 unspecified atom stereocenters. The largest absolute Gasteiger partial charge is 0.328 e. The minimum atomic E-state index is 0.153. The fourth-order valence-electron chi connectivity index (χ4n) is 3.92. The Hall–Kier alpha value is -2.88. The predicted molar refractivity (Wildman–Crippen MR) is 95.3 cm³/mol. The average molecular weight is 335 g/mol. The third kappa shape index (κ3) is 2.74. The van der Waals surface area contributed by atoms with E-state index in [9.17, 15) is 5.26 Å². The average Bonchev–Trinajstić information content (AvgIpc) is 3.39. The molecule has 0 radical (unpaired) electrons. The zero-order chi connectivity index (χ0) is 17.2. The van der Waals surface area contributed by atoms with Crippen LogP contribution in [0, 0.1) is 17.2 Å². The maximum Gasteiger partial charge on any atom is 0.162 e. The Morgan fingerprint density at radius 1 is 1.36 bits per heavy atom. The van der Waals surface area contributed by atoms with Gasteiger partial charge >= 0.3 is 0 Å². The molecule has 0 bridgehead atoms. The first-order chi connectivity index (χ1) is 12.3. The number of nitriles is 1. The molecule has 7 nitrogen and oxygen atoms in total. The molecule has 3 aromatic rings. The van der Waals surface area contributed by atoms with Gasteiger partial charge in [0, 0.05) is 30.4 Å². The van der Waals surface area contributed by atoms with E-state index < -0.39 is 0 Å². The molecule has 1 fully saturated rings. The van der Waals surface area contributed by atoms with E-state index >= 15 is 0 Å². The van der Waals surface area contributed by atoms with E-state index in [1.165, 1.54) is 25.7 Å². The van der Waals surface area contributed by atoms with Crippen molar-refractivity contribution in [3.8, 4) is 17.3 Å². The summed E-state index contributed by atoms with van der Waals surface area (Å²) in [5, 5.41) is 14.8. The zero-order valence-corrected chi connectivity index (χ0v) is 14.3. The third-order valence-corrected chi connectivity index (χ3v) is 5.18. The molecule has 0 amide bonds. The van der Waals surface area contributed by atoms with Crippen molar-refractivity contribution < 1.29 is 0 Å². The van der Waals surface area contributed by atoms with Crippen molar-refractivity contribution in [3.05, 3.63) is 31.0 Å². The Morgan fingerprint density at radius 3 is 2.96 bits per heavy atom. The Bertz CT molecular complexity index is 911. The first kappa shape index (κ1) is 15.6. The molecule has 3 aromatic heterocycles. The molecule has 1 N–H and O–H groups in total. The highest BCUT2D eigenvalue weighted by molar-refractivity contribution is 5.90. The van der Waals surface area contributed by atoms with Gasteiger partial charge in [-0.2, -0.15) is 10.4 Å². The number of nitrogens with zero attached hydrogens (tertiary/aromatic N) is 6. The molecule has 0 aliphatic heterocycles. The second kappa shape index (κ2) is 6.55. The highest BCUT2D eigenvalue weighted by Crippen LogP contribution is 2.36. The fourth-order valence-corrected chi connectivity index (χ4v) is 3.92. The van der Waals surface area contributed by atoms with Crippen LogP contribution in [0.5, 0.6) is 0 Å². The maximum absolute atomic E-state index is 9.23. The van der Waals surface area contributed by atoms with Gasteiger partial charge in [-0.3, -0.25) is 4.68 Å². The van der Waals surface area contributed by atoms with Crippen LogP contribution in [0.15, 0.2) is 31.0 Å². The van der Waals surface area contributed by atoms with E-state index in [4.69, 9.17) is 0 Å². The Labute approximate surface area is 146 Å². The molecule has 1 saturated carbocycles. The molecule has 7 heteroatoms. The second-order valence-corrected chi connectivity index (χ2v) is 6.55. The lowest BCUT2D eigenvalue weighted by Gasteiger charge is -2.21. The topological polar surface area (TPSA) is 84.4 Å². The van der Waals surface area contributed by atoms with Gasteiger partial charge in [0.15, 0.2) is 5.65 Å². The van der Waals surface area contributed by atoms with Gasteiger partial charge in [-0.15, -0.1) is 0 Å². The first-order valence-electron chi connectivity index (χ1n) is 8.73. The molecule has 1 atom stereocenters. The van der Waals surface area contributed by atoms with E-state index in [0.717, 1.165) is 22.3 Å². The van der Waals surface area contributed by atoms with Crippen LogP contribution in [0.2, 0.25) is 0 Å². The quantitative estimate of drug-likeness (QED) is 0.774. The fraction of sp³-hybridized carbons (Fsp3) is 0.444. The molecule has 0 saturated heterocycles. The van der Waals surface area contributed by atoms with Gasteiger partial charge in [0.05, 0.1) is 30.4 Å². The minimum absolute atomic E-state index is 0.153. The van der Waals surface area contributed by atoms with E-state index in [-0.39, 0.29) is 6.04 Å². The SMILES string of the molecule is CNn1ccc2c(-c3cnn([C@H](CC#N)C4CCCC4)c3)ncnc21. The lowest BCUT2D eigenvalue weighted by molar-refractivity contribution is 0.315. The molecular weight excluding hydrogens is 314 g/mol. The van der Waals surface area contributed by atoms with Crippen molar-refractivity contribution in [1.82, 2.24) is 24.4 Å². The molecule has 3 heterocycles. The van der Waals surface area contributed by atoms with Crippen LogP contribution in [0.4, 0.5) is 0 Å². The van der Waals surface area contributed by atoms with Crippen LogP contribution >= 0.6 is 0 Å². The van der Waals surface area contributed by atoms with Crippen molar-refractivity contribution in [2.75, 3.05) is 12.5 Å². The highest BCUT2D eigenvalue weighted by atomic mass is 15.4. The van der Waals surface area contributed by atoms with E-state index in [2.05, 4.69) is 26.6 Å². The number of aromatic nitrogens is 5. The summed E-state index contributed by atoms with van der Waals surface area (Å²) in [4.78, 5) is 8.82. The van der Waals surface area contributed by atoms with Crippen molar-refractivity contribution >= 4 is 11.0 Å². The normalized spacial score (nSPS) is 16.2. The van der Waals surface area contributed by atoms with Gasteiger partial charge in [0.2, 0.25) is 0 Å². The summed E-state index contributed by atoms with van der Waals surface area (Å²) in [7, 11) is 1.85. The van der Waals surface area contributed by atoms with Gasteiger partial charge in [-0.05, 0) is 24.8 Å². The van der Waals surface area contributed by atoms with Gasteiger partial charge in [0.25, 0.3) is 0 Å². The maximum atomic E-state index is 9.23. The van der Waals surface area contributed by atoms with E-state index in [0.29, 0.717) is 12.3 Å². The summed E-state index contributed by atoms with van der Waals surface area (Å²) >= 11 is 0.